The highest BCUT2D eigenvalue weighted by molar-refractivity contribution is 7.01. The summed E-state index contributed by atoms with van der Waals surface area (Å²) < 4.78 is 312. The van der Waals surface area contributed by atoms with Gasteiger partial charge in [-0.3, -0.25) is 0 Å². The van der Waals surface area contributed by atoms with E-state index in [9.17, 15) is 34.3 Å². The van der Waals surface area contributed by atoms with Crippen molar-refractivity contribution in [2.75, 3.05) is 29.4 Å². The second-order valence-corrected chi connectivity index (χ2v) is 43.1. The molecular weight excluding hydrogens is 1600 g/mol. The molecular formula is C124H128B2N6. The predicted octanol–water partition coefficient (Wildman–Crippen LogP) is 31.2. The van der Waals surface area contributed by atoms with Crippen LogP contribution in [0.4, 0.5) is 102 Å². The highest BCUT2D eigenvalue weighted by Gasteiger charge is 2.48. The predicted molar refractivity (Wildman–Crippen MR) is 575 cm³/mol. The largest absolute Gasteiger partial charge is 0.311 e. The normalized spacial score (nSPS) is 17.1. The van der Waals surface area contributed by atoms with Crippen LogP contribution >= 0.6 is 0 Å². The molecule has 8 heteroatoms. The molecule has 16 aromatic rings. The zero-order valence-electron chi connectivity index (χ0n) is 112. The first kappa shape index (κ1) is 58.0. The average molecular weight is 1760 g/mol. The molecule has 0 radical (unpaired) electrons. The van der Waals surface area contributed by atoms with E-state index in [4.69, 9.17) is 9.60 Å². The second kappa shape index (κ2) is 32.5. The number of para-hydroxylation sites is 2. The Kier molecular flexibility index (Phi) is 14.3. The smallest absolute Gasteiger partial charge is 0.252 e. The molecule has 0 N–H and O–H groups in total. The van der Waals surface area contributed by atoms with Gasteiger partial charge in [0.25, 0.3) is 13.4 Å². The summed E-state index contributed by atoms with van der Waals surface area (Å²) in [5, 5.41) is 0.946. The standard InChI is InChI=1S/2C62H64BN3/c2*1-59(2,3)43-23-30-48(31-24-43)65-54-34-27-45(61(7,8)9)37-52(54)63-53-38-46(62(10,11)12)28-35-55(53)66(49-32-25-44(26-33-49)60(4,5)6)57-40-51(39-56(65)58(57)63)64(47-20-14-13-15-21-47)50-29-22-41-18-16-17-19-42(41)36-50/h2*13-40H,1-12H3/i13D,14D,15D,16D,17D,18D,19D,20D,21D,22D,23D,24D,25D,26D,27D,28D,29D,30D,31D,32D,33D,34D,35D,36D,37D,38D;27D,28D,34D,35D,37D,38D. The summed E-state index contributed by atoms with van der Waals surface area (Å²) in [5.74, 6) is 0. The van der Waals surface area contributed by atoms with E-state index < -0.39 is 254 Å². The van der Waals surface area contributed by atoms with E-state index in [1.54, 1.807) is 83.1 Å². The van der Waals surface area contributed by atoms with Gasteiger partial charge in [-0.25, -0.2) is 0 Å². The van der Waals surface area contributed by atoms with Crippen molar-refractivity contribution in [3.8, 4) is 0 Å². The van der Waals surface area contributed by atoms with Gasteiger partial charge in [-0.05, 0) is 287 Å². The maximum Gasteiger partial charge on any atom is 0.252 e. The van der Waals surface area contributed by atoms with Crippen LogP contribution in [0.15, 0.2) is 339 Å². The lowest BCUT2D eigenvalue weighted by molar-refractivity contribution is 0.590. The van der Waals surface area contributed by atoms with Crippen LogP contribution in [0.25, 0.3) is 21.5 Å². The summed E-state index contributed by atoms with van der Waals surface area (Å²) in [5.41, 5.74) is -0.385. The van der Waals surface area contributed by atoms with Crippen molar-refractivity contribution in [3.05, 3.63) is 383 Å². The number of hydrogen-bond acceptors (Lipinski definition) is 6. The van der Waals surface area contributed by atoms with E-state index in [0.29, 0.717) is 33.4 Å². The van der Waals surface area contributed by atoms with Crippen LogP contribution in [0.3, 0.4) is 0 Å². The third-order valence-electron chi connectivity index (χ3n) is 25.0. The maximum absolute atomic E-state index is 10.5. The van der Waals surface area contributed by atoms with E-state index in [-0.39, 0.29) is 97.1 Å². The monoisotopic (exact) mass is 1760 g/mol. The van der Waals surface area contributed by atoms with Gasteiger partial charge in [-0.2, -0.15) is 0 Å². The molecule has 0 fully saturated rings. The van der Waals surface area contributed by atoms with Crippen LogP contribution in [0.5, 0.6) is 0 Å². The summed E-state index contributed by atoms with van der Waals surface area (Å²) in [4.78, 5) is 9.37. The number of hydrogen-bond donors (Lipinski definition) is 0. The Labute approximate surface area is 832 Å². The van der Waals surface area contributed by atoms with E-state index in [0.717, 1.165) is 81.9 Å². The molecule has 132 heavy (non-hydrogen) atoms. The topological polar surface area (TPSA) is 19.4 Å². The number of fused-ring (bicyclic) bond motifs is 10. The molecule has 0 atom stereocenters. The van der Waals surface area contributed by atoms with E-state index in [2.05, 4.69) is 165 Å². The van der Waals surface area contributed by atoms with Crippen LogP contribution in [-0.4, -0.2) is 13.4 Å². The molecule has 4 aliphatic heterocycles. The van der Waals surface area contributed by atoms with Crippen molar-refractivity contribution in [2.24, 2.45) is 0 Å². The van der Waals surface area contributed by atoms with Crippen LogP contribution < -0.4 is 62.2 Å². The molecule has 0 saturated heterocycles. The molecule has 4 aliphatic rings. The van der Waals surface area contributed by atoms with Crippen molar-refractivity contribution in [2.45, 2.75) is 209 Å². The Bertz CT molecular complexity index is 8740. The molecule has 0 aliphatic carbocycles. The van der Waals surface area contributed by atoms with E-state index in [1.807, 2.05) is 65.8 Å². The third-order valence-corrected chi connectivity index (χ3v) is 25.0. The Balaban J connectivity index is 0.000000208. The molecule has 0 amide bonds. The van der Waals surface area contributed by atoms with Crippen LogP contribution in [-0.2, 0) is 43.3 Å². The van der Waals surface area contributed by atoms with Gasteiger partial charge < -0.3 is 29.4 Å². The number of anilines is 18. The molecule has 0 unspecified atom stereocenters. The van der Waals surface area contributed by atoms with Crippen molar-refractivity contribution >= 4 is 170 Å². The van der Waals surface area contributed by atoms with Gasteiger partial charge in [0, 0.05) is 91.0 Å². The van der Waals surface area contributed by atoms with Gasteiger partial charge in [0.2, 0.25) is 0 Å². The van der Waals surface area contributed by atoms with Crippen LogP contribution in [0, 0.1) is 0 Å². The van der Waals surface area contributed by atoms with Gasteiger partial charge in [-0.1, -0.05) is 360 Å². The SMILES string of the molecule is [2H]c1c([2H])c(C(C)(C)C)c([2H])c2c1N(c1ccc(C(C)(C)C)cc1)c1cc(N(c3ccccc3)c3ccc4ccccc4c3)cc3c1B2c1c([2H])c(C(C)(C)C)c([2H])c([2H])c1N3c1ccc(C(C)(C)C)cc1.[2H]c1c([2H])c([2H])c(N(c2cc3c4c(c2)N(c2c([2H])c([2H])c(C(C)(C)C)c([2H])c2[2H])c2c([2H])c([2H])c(C(C)(C)C)c([2H])c2B4c2c([2H])c(C(C)(C)C)c([2H])c([2H])c2N3c2c([2H])c([2H])c(C(C)(C)C)c([2H])c2[2H])c2c([2H])c([2H])c3c([2H])c([2H])c([2H])c([2H])c3c2[2H])c([2H])c1[2H]. The van der Waals surface area contributed by atoms with Gasteiger partial charge in [-0.15, -0.1) is 0 Å². The van der Waals surface area contributed by atoms with Gasteiger partial charge >= 0.3 is 0 Å². The van der Waals surface area contributed by atoms with Gasteiger partial charge in [0.05, 0.1) is 55.2 Å². The fourth-order valence-corrected chi connectivity index (χ4v) is 17.6. The molecule has 0 aromatic heterocycles. The number of nitrogens with zero attached hydrogens (tertiary/aromatic N) is 6. The molecule has 4 heterocycles. The lowest BCUT2D eigenvalue weighted by Crippen LogP contribution is -2.61. The minimum Gasteiger partial charge on any atom is -0.311 e. The summed E-state index contributed by atoms with van der Waals surface area (Å²) in [7, 11) is 0. The second-order valence-electron chi connectivity index (χ2n) is 43.1. The highest BCUT2D eigenvalue weighted by atomic mass is 15.2. The fourth-order valence-electron chi connectivity index (χ4n) is 17.6. The Hall–Kier alpha value is -13.0. The van der Waals surface area contributed by atoms with E-state index in [1.165, 1.54) is 12.1 Å². The molecule has 660 valence electrons. The maximum atomic E-state index is 10.5. The Morgan fingerprint density at radius 1 is 0.205 bits per heavy atom. The number of benzene rings is 16. The first-order valence-corrected chi connectivity index (χ1v) is 45.2. The first-order valence-electron chi connectivity index (χ1n) is 61.2. The molecule has 6 nitrogen and oxygen atoms in total. The summed E-state index contributed by atoms with van der Waals surface area (Å²) in [6, 6.07) is 29.3. The Morgan fingerprint density at radius 3 is 0.902 bits per heavy atom. The summed E-state index contributed by atoms with van der Waals surface area (Å²) in [6.45, 7) is 42.8. The van der Waals surface area contributed by atoms with Crippen molar-refractivity contribution in [3.63, 3.8) is 0 Å². The zero-order valence-corrected chi connectivity index (χ0v) is 79.7. The van der Waals surface area contributed by atoms with Gasteiger partial charge in [0.1, 0.15) is 0 Å². The van der Waals surface area contributed by atoms with Crippen LogP contribution in [0.2, 0.25) is 0 Å². The van der Waals surface area contributed by atoms with Crippen LogP contribution in [0.1, 0.15) is 255 Å². The van der Waals surface area contributed by atoms with E-state index >= 15 is 0 Å². The minimum absolute atomic E-state index is 0.00889. The first-order chi connectivity index (χ1) is 75.9. The molecule has 0 bridgehead atoms. The number of rotatable bonds is 10. The fraction of sp³-hybridized carbons (Fsp3) is 0.258. The lowest BCUT2D eigenvalue weighted by Gasteiger charge is -2.45. The Morgan fingerprint density at radius 2 is 0.530 bits per heavy atom. The molecule has 16 aromatic carbocycles. The lowest BCUT2D eigenvalue weighted by atomic mass is 9.33. The zero-order chi connectivity index (χ0) is 121. The molecule has 20 rings (SSSR count). The average Bonchev–Trinajstić information content (AvgIpc) is 0.666. The third kappa shape index (κ3) is 16.3. The van der Waals surface area contributed by atoms with Gasteiger partial charge in [0.15, 0.2) is 0 Å². The molecule has 0 spiro atoms. The van der Waals surface area contributed by atoms with Crippen molar-refractivity contribution in [1.29, 1.82) is 0 Å². The van der Waals surface area contributed by atoms with Crippen molar-refractivity contribution in [1.82, 2.24) is 0 Å². The highest BCUT2D eigenvalue weighted by Crippen LogP contribution is 2.54. The quantitative estimate of drug-likeness (QED) is 0.126. The summed E-state index contributed by atoms with van der Waals surface area (Å²) >= 11 is 0. The molecule has 0 saturated carbocycles. The van der Waals surface area contributed by atoms with Crippen molar-refractivity contribution < 1.29 is 43.9 Å². The minimum atomic E-state index is -1.67. The summed E-state index contributed by atoms with van der Waals surface area (Å²) in [6.07, 6.45) is 0.